The Balaban J connectivity index is 2.09. The Morgan fingerprint density at radius 2 is 1.94 bits per heavy atom. The van der Waals surface area contributed by atoms with Gasteiger partial charge in [-0.2, -0.15) is 0 Å². The highest BCUT2D eigenvalue weighted by molar-refractivity contribution is 6.32. The van der Waals surface area contributed by atoms with Crippen molar-refractivity contribution in [3.05, 3.63) is 52.9 Å². The Morgan fingerprint density at radius 1 is 1.19 bits per heavy atom. The summed E-state index contributed by atoms with van der Waals surface area (Å²) in [6.07, 6.45) is 3.49. The molecule has 2 aromatic rings. The van der Waals surface area contributed by atoms with E-state index in [1.54, 1.807) is 18.5 Å². The van der Waals surface area contributed by atoms with E-state index in [2.05, 4.69) is 15.3 Å². The van der Waals surface area contributed by atoms with Crippen LogP contribution in [0.5, 0.6) is 0 Å². The van der Waals surface area contributed by atoms with Crippen molar-refractivity contribution in [1.29, 1.82) is 0 Å². The van der Waals surface area contributed by atoms with Crippen molar-refractivity contribution in [3.63, 3.8) is 0 Å². The first kappa shape index (κ1) is 10.9. The molecule has 0 aromatic carbocycles. The molecule has 4 heteroatoms. The zero-order chi connectivity index (χ0) is 11.4. The fourth-order valence-electron chi connectivity index (χ4n) is 1.39. The molecule has 2 rings (SSSR count). The van der Waals surface area contributed by atoms with Crippen LogP contribution in [0.25, 0.3) is 0 Å². The molecule has 0 amide bonds. The van der Waals surface area contributed by atoms with Crippen molar-refractivity contribution < 1.29 is 0 Å². The molecule has 2 aromatic heterocycles. The highest BCUT2D eigenvalue weighted by Crippen LogP contribution is 2.18. The topological polar surface area (TPSA) is 37.8 Å². The molecule has 0 aliphatic rings. The quantitative estimate of drug-likeness (QED) is 0.886. The molecular formula is C12H12ClN3. The van der Waals surface area contributed by atoms with E-state index in [1.165, 1.54) is 0 Å². The number of hydrogen-bond acceptors (Lipinski definition) is 3. The number of halogens is 1. The Hall–Kier alpha value is -1.61. The number of pyridine rings is 2. The molecule has 0 aliphatic heterocycles. The van der Waals surface area contributed by atoms with Crippen LogP contribution in [0.4, 0.5) is 5.82 Å². The predicted molar refractivity (Wildman–Crippen MR) is 65.5 cm³/mol. The SMILES string of the molecule is Cc1cccnc1CNc1ncccc1Cl. The average molecular weight is 234 g/mol. The molecule has 0 fully saturated rings. The standard InChI is InChI=1S/C12H12ClN3/c1-9-4-2-6-14-11(9)8-16-12-10(13)5-3-7-15-12/h2-7H,8H2,1H3,(H,15,16). The molecule has 0 unspecified atom stereocenters. The molecule has 0 spiro atoms. The van der Waals surface area contributed by atoms with Crippen LogP contribution >= 0.6 is 11.6 Å². The maximum absolute atomic E-state index is 5.98. The van der Waals surface area contributed by atoms with Gasteiger partial charge in [-0.15, -0.1) is 0 Å². The summed E-state index contributed by atoms with van der Waals surface area (Å²) in [4.78, 5) is 8.44. The van der Waals surface area contributed by atoms with Gasteiger partial charge < -0.3 is 5.32 Å². The fourth-order valence-corrected chi connectivity index (χ4v) is 1.58. The Morgan fingerprint density at radius 3 is 2.69 bits per heavy atom. The molecule has 0 bridgehead atoms. The summed E-state index contributed by atoms with van der Waals surface area (Å²) in [5.74, 6) is 0.689. The molecule has 16 heavy (non-hydrogen) atoms. The number of aryl methyl sites for hydroxylation is 1. The van der Waals surface area contributed by atoms with Crippen molar-refractivity contribution >= 4 is 17.4 Å². The Bertz CT molecular complexity index is 440. The lowest BCUT2D eigenvalue weighted by Crippen LogP contribution is -2.05. The van der Waals surface area contributed by atoms with Gasteiger partial charge in [0.2, 0.25) is 0 Å². The van der Waals surface area contributed by atoms with Crippen molar-refractivity contribution in [2.24, 2.45) is 0 Å². The first-order valence-electron chi connectivity index (χ1n) is 5.02. The summed E-state index contributed by atoms with van der Waals surface area (Å²) in [6.45, 7) is 2.66. The van der Waals surface area contributed by atoms with Crippen LogP contribution in [-0.4, -0.2) is 9.97 Å². The number of aromatic nitrogens is 2. The van der Waals surface area contributed by atoms with Gasteiger partial charge in [0, 0.05) is 12.4 Å². The van der Waals surface area contributed by atoms with Crippen molar-refractivity contribution in [1.82, 2.24) is 9.97 Å². The van der Waals surface area contributed by atoms with E-state index in [0.29, 0.717) is 17.4 Å². The van der Waals surface area contributed by atoms with Crippen LogP contribution in [0, 0.1) is 6.92 Å². The summed E-state index contributed by atoms with van der Waals surface area (Å²) >= 11 is 5.98. The summed E-state index contributed by atoms with van der Waals surface area (Å²) in [5, 5.41) is 3.79. The van der Waals surface area contributed by atoms with Crippen LogP contribution in [0.15, 0.2) is 36.7 Å². The minimum Gasteiger partial charge on any atom is -0.363 e. The molecule has 0 atom stereocenters. The van der Waals surface area contributed by atoms with Gasteiger partial charge in [-0.3, -0.25) is 4.98 Å². The lowest BCUT2D eigenvalue weighted by Gasteiger charge is -2.08. The van der Waals surface area contributed by atoms with Crippen LogP contribution in [0.3, 0.4) is 0 Å². The third kappa shape index (κ3) is 2.49. The first-order valence-corrected chi connectivity index (χ1v) is 5.40. The van der Waals surface area contributed by atoms with Crippen LogP contribution in [0.1, 0.15) is 11.3 Å². The average Bonchev–Trinajstić information content (AvgIpc) is 2.30. The van der Waals surface area contributed by atoms with Gasteiger partial charge >= 0.3 is 0 Å². The molecule has 0 radical (unpaired) electrons. The highest BCUT2D eigenvalue weighted by Gasteiger charge is 2.02. The molecule has 0 aliphatic carbocycles. The third-order valence-corrected chi connectivity index (χ3v) is 2.60. The first-order chi connectivity index (χ1) is 7.77. The van der Waals surface area contributed by atoms with Gasteiger partial charge in [0.05, 0.1) is 17.3 Å². The van der Waals surface area contributed by atoms with Gasteiger partial charge in [-0.05, 0) is 30.7 Å². The van der Waals surface area contributed by atoms with Gasteiger partial charge in [0.15, 0.2) is 0 Å². The van der Waals surface area contributed by atoms with Crippen LogP contribution < -0.4 is 5.32 Å². The minimum atomic E-state index is 0.621. The molecule has 2 heterocycles. The second-order valence-corrected chi connectivity index (χ2v) is 3.86. The lowest BCUT2D eigenvalue weighted by molar-refractivity contribution is 1.01. The van der Waals surface area contributed by atoms with Crippen LogP contribution in [-0.2, 0) is 6.54 Å². The molecule has 82 valence electrons. The maximum atomic E-state index is 5.98. The molecular weight excluding hydrogens is 222 g/mol. The zero-order valence-corrected chi connectivity index (χ0v) is 9.70. The summed E-state index contributed by atoms with van der Waals surface area (Å²) < 4.78 is 0. The van der Waals surface area contributed by atoms with Gasteiger partial charge in [-0.1, -0.05) is 17.7 Å². The van der Waals surface area contributed by atoms with Crippen molar-refractivity contribution in [2.75, 3.05) is 5.32 Å². The second kappa shape index (κ2) is 4.94. The van der Waals surface area contributed by atoms with Crippen molar-refractivity contribution in [2.45, 2.75) is 13.5 Å². The van der Waals surface area contributed by atoms with E-state index >= 15 is 0 Å². The van der Waals surface area contributed by atoms with Crippen molar-refractivity contribution in [3.8, 4) is 0 Å². The van der Waals surface area contributed by atoms with E-state index in [9.17, 15) is 0 Å². The molecule has 3 nitrogen and oxygen atoms in total. The molecule has 0 saturated heterocycles. The van der Waals surface area contributed by atoms with E-state index in [0.717, 1.165) is 11.3 Å². The van der Waals surface area contributed by atoms with Gasteiger partial charge in [0.25, 0.3) is 0 Å². The largest absolute Gasteiger partial charge is 0.363 e. The predicted octanol–water partition coefficient (Wildman–Crippen LogP) is 3.05. The highest BCUT2D eigenvalue weighted by atomic mass is 35.5. The number of rotatable bonds is 3. The second-order valence-electron chi connectivity index (χ2n) is 3.45. The summed E-state index contributed by atoms with van der Waals surface area (Å²) in [5.41, 5.74) is 2.16. The smallest absolute Gasteiger partial charge is 0.145 e. The van der Waals surface area contributed by atoms with E-state index < -0.39 is 0 Å². The molecule has 0 saturated carbocycles. The Kier molecular flexibility index (Phi) is 3.37. The monoisotopic (exact) mass is 233 g/mol. The van der Waals surface area contributed by atoms with Gasteiger partial charge in [0.1, 0.15) is 5.82 Å². The number of anilines is 1. The van der Waals surface area contributed by atoms with E-state index in [4.69, 9.17) is 11.6 Å². The Labute approximate surface area is 99.5 Å². The molecule has 1 N–H and O–H groups in total. The maximum Gasteiger partial charge on any atom is 0.145 e. The third-order valence-electron chi connectivity index (χ3n) is 2.30. The zero-order valence-electron chi connectivity index (χ0n) is 8.94. The number of nitrogens with zero attached hydrogens (tertiary/aromatic N) is 2. The minimum absolute atomic E-state index is 0.621. The fraction of sp³-hybridized carbons (Fsp3) is 0.167. The van der Waals surface area contributed by atoms with E-state index in [-0.39, 0.29) is 0 Å². The number of nitrogens with one attached hydrogen (secondary N) is 1. The van der Waals surface area contributed by atoms with Crippen LogP contribution in [0.2, 0.25) is 5.02 Å². The number of hydrogen-bond donors (Lipinski definition) is 1. The summed E-state index contributed by atoms with van der Waals surface area (Å²) in [6, 6.07) is 7.57. The lowest BCUT2D eigenvalue weighted by atomic mass is 10.2. The van der Waals surface area contributed by atoms with E-state index in [1.807, 2.05) is 25.1 Å². The summed E-state index contributed by atoms with van der Waals surface area (Å²) in [7, 11) is 0. The normalized spacial score (nSPS) is 10.1. The van der Waals surface area contributed by atoms with Gasteiger partial charge in [-0.25, -0.2) is 4.98 Å².